The molecule has 8 nitrogen and oxygen atoms in total. The molecule has 6 rings (SSSR count). The van der Waals surface area contributed by atoms with E-state index in [0.717, 1.165) is 34.3 Å². The summed E-state index contributed by atoms with van der Waals surface area (Å²) in [4.78, 5) is 29.1. The molecule has 3 aromatic carbocycles. The molecule has 11 heteroatoms. The van der Waals surface area contributed by atoms with E-state index in [0.29, 0.717) is 32.4 Å². The number of halogens is 3. The molecule has 3 heterocycles. The highest BCUT2D eigenvalue weighted by molar-refractivity contribution is 5.90. The van der Waals surface area contributed by atoms with Crippen LogP contribution in [-0.4, -0.2) is 56.9 Å². The summed E-state index contributed by atoms with van der Waals surface area (Å²) in [6.45, 7) is 1.30. The highest BCUT2D eigenvalue weighted by Crippen LogP contribution is 2.33. The molecule has 0 saturated carbocycles. The number of hydrogen-bond donors (Lipinski definition) is 2. The predicted octanol–water partition coefficient (Wildman–Crippen LogP) is 4.21. The first-order valence-corrected chi connectivity index (χ1v) is 14.5. The van der Waals surface area contributed by atoms with E-state index in [2.05, 4.69) is 33.1 Å². The van der Waals surface area contributed by atoms with Gasteiger partial charge in [0.25, 0.3) is 0 Å². The number of nitrogens with zero attached hydrogens (tertiary/aromatic N) is 4. The second-order valence-electron chi connectivity index (χ2n) is 11.6. The van der Waals surface area contributed by atoms with E-state index in [1.54, 1.807) is 9.58 Å². The molecule has 0 spiro atoms. The number of rotatable bonds is 7. The van der Waals surface area contributed by atoms with Gasteiger partial charge < -0.3 is 15.5 Å². The van der Waals surface area contributed by atoms with Crippen LogP contribution in [0.25, 0.3) is 11.0 Å². The zero-order valence-corrected chi connectivity index (χ0v) is 23.7. The maximum Gasteiger partial charge on any atom is 0.416 e. The van der Waals surface area contributed by atoms with Crippen LogP contribution in [0, 0.1) is 5.92 Å². The Bertz CT molecular complexity index is 1610. The molecule has 4 unspecified atom stereocenters. The Morgan fingerprint density at radius 3 is 2.49 bits per heavy atom. The van der Waals surface area contributed by atoms with Gasteiger partial charge in [-0.1, -0.05) is 53.7 Å². The summed E-state index contributed by atoms with van der Waals surface area (Å²) in [5.41, 5.74) is 3.68. The van der Waals surface area contributed by atoms with E-state index < -0.39 is 23.8 Å². The molecule has 224 valence electrons. The number of alkyl halides is 3. The van der Waals surface area contributed by atoms with Crippen LogP contribution in [0.15, 0.2) is 72.8 Å². The highest BCUT2D eigenvalue weighted by atomic mass is 19.4. The third-order valence-corrected chi connectivity index (χ3v) is 8.62. The molecular weight excluding hydrogens is 557 g/mol. The minimum absolute atomic E-state index is 0.0706. The van der Waals surface area contributed by atoms with E-state index in [9.17, 15) is 22.8 Å². The first kappa shape index (κ1) is 28.9. The van der Waals surface area contributed by atoms with Crippen molar-refractivity contribution in [3.63, 3.8) is 0 Å². The molecular formula is C32H33F3N6O2. The Labute approximate surface area is 247 Å². The van der Waals surface area contributed by atoms with Gasteiger partial charge in [-0.2, -0.15) is 13.2 Å². The number of aromatic nitrogens is 3. The van der Waals surface area contributed by atoms with Crippen molar-refractivity contribution in [1.29, 1.82) is 0 Å². The molecule has 0 radical (unpaired) electrons. The van der Waals surface area contributed by atoms with Crippen molar-refractivity contribution in [2.45, 2.75) is 50.0 Å². The Morgan fingerprint density at radius 1 is 1.00 bits per heavy atom. The fraction of sp³-hybridized carbons (Fsp3) is 0.375. The van der Waals surface area contributed by atoms with Gasteiger partial charge in [-0.05, 0) is 72.1 Å². The first-order valence-electron chi connectivity index (χ1n) is 14.5. The Morgan fingerprint density at radius 2 is 1.74 bits per heavy atom. The summed E-state index contributed by atoms with van der Waals surface area (Å²) in [7, 11) is 1.81. The number of fused-ring (bicyclic) bond motifs is 1. The number of likely N-dealkylation sites (tertiary alicyclic amines) is 1. The number of nitrogens with one attached hydrogen (secondary N) is 2. The lowest BCUT2D eigenvalue weighted by atomic mass is 9.96. The van der Waals surface area contributed by atoms with Crippen molar-refractivity contribution in [3.05, 3.63) is 95.1 Å². The van der Waals surface area contributed by atoms with Gasteiger partial charge in [0.2, 0.25) is 11.8 Å². The van der Waals surface area contributed by atoms with Gasteiger partial charge in [0, 0.05) is 26.7 Å². The zero-order chi connectivity index (χ0) is 30.1. The lowest BCUT2D eigenvalue weighted by molar-refractivity contribution is -0.139. The van der Waals surface area contributed by atoms with Crippen LogP contribution in [0.2, 0.25) is 0 Å². The predicted molar refractivity (Wildman–Crippen MR) is 155 cm³/mol. The van der Waals surface area contributed by atoms with Crippen LogP contribution in [0.1, 0.15) is 41.0 Å². The normalized spacial score (nSPS) is 22.3. The number of aryl methyl sites for hydroxylation is 1. The summed E-state index contributed by atoms with van der Waals surface area (Å²) in [6, 6.07) is 19.8. The Kier molecular flexibility index (Phi) is 7.91. The van der Waals surface area contributed by atoms with Gasteiger partial charge in [-0.3, -0.25) is 9.59 Å². The molecule has 0 bridgehead atoms. The van der Waals surface area contributed by atoms with Crippen LogP contribution in [0.5, 0.6) is 0 Å². The minimum Gasteiger partial charge on any atom is -0.350 e. The summed E-state index contributed by atoms with van der Waals surface area (Å²) in [5.74, 6) is -0.239. The maximum atomic E-state index is 13.9. The zero-order valence-electron chi connectivity index (χ0n) is 23.7. The van der Waals surface area contributed by atoms with Crippen LogP contribution < -0.4 is 10.6 Å². The SMILES string of the molecule is Cn1nnc2cc(CNC(=O)C3CC(Cc4ccc(C(F)(F)F)cc4)CN3C(=O)C3CC(c4ccccc4)CN3)ccc21. The van der Waals surface area contributed by atoms with Crippen LogP contribution in [0.4, 0.5) is 13.2 Å². The number of carbonyl (C=O) groups excluding carboxylic acids is 2. The highest BCUT2D eigenvalue weighted by Gasteiger charge is 2.43. The van der Waals surface area contributed by atoms with Crippen LogP contribution >= 0.6 is 0 Å². The molecule has 2 amide bonds. The topological polar surface area (TPSA) is 92.2 Å². The molecule has 2 aliphatic heterocycles. The summed E-state index contributed by atoms with van der Waals surface area (Å²) in [6.07, 6.45) is -2.87. The van der Waals surface area contributed by atoms with Gasteiger partial charge in [0.05, 0.1) is 17.1 Å². The Hall–Kier alpha value is -4.25. The second kappa shape index (κ2) is 11.8. The lowest BCUT2D eigenvalue weighted by Gasteiger charge is -2.27. The van der Waals surface area contributed by atoms with Crippen molar-refractivity contribution in [2.24, 2.45) is 13.0 Å². The van der Waals surface area contributed by atoms with Gasteiger partial charge >= 0.3 is 6.18 Å². The van der Waals surface area contributed by atoms with E-state index in [1.807, 2.05) is 43.4 Å². The van der Waals surface area contributed by atoms with Crippen molar-refractivity contribution in [1.82, 2.24) is 30.5 Å². The van der Waals surface area contributed by atoms with E-state index in [1.165, 1.54) is 17.7 Å². The van der Waals surface area contributed by atoms with Crippen molar-refractivity contribution < 1.29 is 22.8 Å². The molecule has 2 aliphatic rings. The lowest BCUT2D eigenvalue weighted by Crippen LogP contribution is -2.51. The third kappa shape index (κ3) is 6.27. The molecule has 4 aromatic rings. The van der Waals surface area contributed by atoms with Crippen LogP contribution in [0.3, 0.4) is 0 Å². The minimum atomic E-state index is -4.40. The van der Waals surface area contributed by atoms with Crippen molar-refractivity contribution >= 4 is 22.8 Å². The van der Waals surface area contributed by atoms with Gasteiger partial charge in [0.15, 0.2) is 0 Å². The average molecular weight is 591 g/mol. The number of benzene rings is 3. The summed E-state index contributed by atoms with van der Waals surface area (Å²) >= 11 is 0. The fourth-order valence-corrected chi connectivity index (χ4v) is 6.33. The van der Waals surface area contributed by atoms with Crippen LogP contribution in [-0.2, 0) is 35.8 Å². The Balaban J connectivity index is 1.16. The first-order chi connectivity index (χ1) is 20.7. The quantitative estimate of drug-likeness (QED) is 0.337. The monoisotopic (exact) mass is 590 g/mol. The van der Waals surface area contributed by atoms with Crippen molar-refractivity contribution in [3.8, 4) is 0 Å². The smallest absolute Gasteiger partial charge is 0.350 e. The maximum absolute atomic E-state index is 13.9. The molecule has 2 fully saturated rings. The molecule has 2 N–H and O–H groups in total. The summed E-state index contributed by atoms with van der Waals surface area (Å²) in [5, 5.41) is 14.5. The standard InChI is InChI=1S/C32H33F3N6O2/c1-40-28-12-9-21(14-26(28)38-39-40)17-37-30(42)29-15-22(13-20-7-10-25(11-8-20)32(33,34)35)19-41(29)31(43)27-16-24(18-36-27)23-5-3-2-4-6-23/h2-12,14,22,24,27,29,36H,13,15-19H2,1H3,(H,37,42). The van der Waals surface area contributed by atoms with E-state index in [-0.39, 0.29) is 30.2 Å². The fourth-order valence-electron chi connectivity index (χ4n) is 6.33. The van der Waals surface area contributed by atoms with Crippen molar-refractivity contribution in [2.75, 3.05) is 13.1 Å². The number of carbonyl (C=O) groups is 2. The number of amides is 2. The second-order valence-corrected chi connectivity index (χ2v) is 11.6. The third-order valence-electron chi connectivity index (χ3n) is 8.62. The molecule has 43 heavy (non-hydrogen) atoms. The summed E-state index contributed by atoms with van der Waals surface area (Å²) < 4.78 is 40.9. The van der Waals surface area contributed by atoms with Gasteiger partial charge in [-0.15, -0.1) is 5.10 Å². The number of hydrogen-bond acceptors (Lipinski definition) is 5. The van der Waals surface area contributed by atoms with E-state index >= 15 is 0 Å². The molecule has 1 aromatic heterocycles. The molecule has 0 aliphatic carbocycles. The largest absolute Gasteiger partial charge is 0.416 e. The average Bonchev–Trinajstić information content (AvgIpc) is 3.75. The molecule has 2 saturated heterocycles. The van der Waals surface area contributed by atoms with Gasteiger partial charge in [0.1, 0.15) is 11.6 Å². The van der Waals surface area contributed by atoms with Gasteiger partial charge in [-0.25, -0.2) is 4.68 Å². The molecule has 4 atom stereocenters. The van der Waals surface area contributed by atoms with E-state index in [4.69, 9.17) is 0 Å².